The van der Waals surface area contributed by atoms with Crippen LogP contribution in [0, 0.1) is 0 Å². The first-order valence-corrected chi connectivity index (χ1v) is 9.97. The van der Waals surface area contributed by atoms with Crippen LogP contribution in [-0.2, 0) is 25.5 Å². The number of hydrogen-bond donors (Lipinski definition) is 2. The SMILES string of the molecule is CC(=O)N[C@H](C)CCc1ccc(-c2csc(NC(=O)C3=COCCO3)n2)cc1. The largest absolute Gasteiger partial charge is 0.494 e. The molecule has 8 heteroatoms. The van der Waals surface area contributed by atoms with Crippen LogP contribution in [0.1, 0.15) is 25.8 Å². The molecule has 1 aromatic heterocycles. The number of ether oxygens (including phenoxy) is 2. The minimum Gasteiger partial charge on any atom is -0.494 e. The van der Waals surface area contributed by atoms with Crippen LogP contribution in [0.2, 0.25) is 0 Å². The van der Waals surface area contributed by atoms with Gasteiger partial charge >= 0.3 is 0 Å². The van der Waals surface area contributed by atoms with Gasteiger partial charge in [0.15, 0.2) is 5.13 Å². The monoisotopic (exact) mass is 401 g/mol. The summed E-state index contributed by atoms with van der Waals surface area (Å²) in [5, 5.41) is 8.01. The highest BCUT2D eigenvalue weighted by atomic mass is 32.1. The predicted octanol–water partition coefficient (Wildman–Crippen LogP) is 3.09. The molecule has 2 aromatic rings. The Bertz CT molecular complexity index is 861. The first-order chi connectivity index (χ1) is 13.5. The molecule has 3 rings (SSSR count). The van der Waals surface area contributed by atoms with Crippen molar-refractivity contribution in [2.24, 2.45) is 0 Å². The van der Waals surface area contributed by atoms with Crippen LogP contribution in [0.5, 0.6) is 0 Å². The van der Waals surface area contributed by atoms with E-state index in [2.05, 4.69) is 27.8 Å². The van der Waals surface area contributed by atoms with Crippen LogP contribution in [0.15, 0.2) is 41.7 Å². The molecule has 1 aliphatic heterocycles. The molecule has 0 fully saturated rings. The molecule has 0 unspecified atom stereocenters. The third-order valence-corrected chi connectivity index (χ3v) is 4.92. The summed E-state index contributed by atoms with van der Waals surface area (Å²) in [5.41, 5.74) is 2.98. The first kappa shape index (κ1) is 19.9. The highest BCUT2D eigenvalue weighted by molar-refractivity contribution is 7.14. The summed E-state index contributed by atoms with van der Waals surface area (Å²) >= 11 is 1.35. The molecule has 2 amide bonds. The molecule has 0 aliphatic carbocycles. The van der Waals surface area contributed by atoms with Gasteiger partial charge in [0.1, 0.15) is 19.5 Å². The Balaban J connectivity index is 1.56. The number of hydrogen-bond acceptors (Lipinski definition) is 6. The van der Waals surface area contributed by atoms with Crippen molar-refractivity contribution in [2.75, 3.05) is 18.5 Å². The Morgan fingerprint density at radius 3 is 2.71 bits per heavy atom. The summed E-state index contributed by atoms with van der Waals surface area (Å²) in [7, 11) is 0. The summed E-state index contributed by atoms with van der Waals surface area (Å²) < 4.78 is 10.3. The number of rotatable bonds is 7. The first-order valence-electron chi connectivity index (χ1n) is 9.09. The second kappa shape index (κ2) is 9.36. The summed E-state index contributed by atoms with van der Waals surface area (Å²) in [5.74, 6) is -0.224. The Hall–Kier alpha value is -2.87. The quantitative estimate of drug-likeness (QED) is 0.744. The van der Waals surface area contributed by atoms with Gasteiger partial charge in [-0.1, -0.05) is 24.3 Å². The lowest BCUT2D eigenvalue weighted by Crippen LogP contribution is -2.30. The van der Waals surface area contributed by atoms with Gasteiger partial charge in [0, 0.05) is 23.9 Å². The van der Waals surface area contributed by atoms with Crippen molar-refractivity contribution in [3.8, 4) is 11.3 Å². The number of amides is 2. The van der Waals surface area contributed by atoms with E-state index in [-0.39, 0.29) is 23.6 Å². The zero-order valence-electron chi connectivity index (χ0n) is 15.9. The lowest BCUT2D eigenvalue weighted by molar-refractivity contribution is -0.119. The van der Waals surface area contributed by atoms with Crippen LogP contribution in [0.25, 0.3) is 11.3 Å². The van der Waals surface area contributed by atoms with Gasteiger partial charge in [-0.25, -0.2) is 4.98 Å². The van der Waals surface area contributed by atoms with Crippen LogP contribution in [0.4, 0.5) is 5.13 Å². The molecule has 0 bridgehead atoms. The summed E-state index contributed by atoms with van der Waals surface area (Å²) in [6, 6.07) is 8.30. The third-order valence-electron chi connectivity index (χ3n) is 4.16. The van der Waals surface area contributed by atoms with Gasteiger partial charge in [0.25, 0.3) is 5.91 Å². The Morgan fingerprint density at radius 2 is 2.04 bits per heavy atom. The lowest BCUT2D eigenvalue weighted by Gasteiger charge is -2.14. The van der Waals surface area contributed by atoms with Crippen LogP contribution >= 0.6 is 11.3 Å². The normalized spacial score (nSPS) is 14.3. The molecule has 0 saturated heterocycles. The van der Waals surface area contributed by atoms with Crippen molar-refractivity contribution in [3.63, 3.8) is 0 Å². The van der Waals surface area contributed by atoms with Crippen molar-refractivity contribution >= 4 is 28.3 Å². The van der Waals surface area contributed by atoms with Gasteiger partial charge in [-0.05, 0) is 25.3 Å². The van der Waals surface area contributed by atoms with E-state index in [1.807, 2.05) is 24.4 Å². The van der Waals surface area contributed by atoms with Crippen molar-refractivity contribution < 1.29 is 19.1 Å². The number of carbonyl (C=O) groups is 2. The molecule has 2 N–H and O–H groups in total. The number of nitrogens with zero attached hydrogens (tertiary/aromatic N) is 1. The van der Waals surface area contributed by atoms with Gasteiger partial charge in [0.2, 0.25) is 11.7 Å². The molecule has 148 valence electrons. The molecule has 1 atom stereocenters. The zero-order valence-corrected chi connectivity index (χ0v) is 16.7. The van der Waals surface area contributed by atoms with Crippen molar-refractivity contribution in [3.05, 3.63) is 47.2 Å². The summed E-state index contributed by atoms with van der Waals surface area (Å²) in [4.78, 5) is 27.6. The second-order valence-corrected chi connectivity index (χ2v) is 7.39. The van der Waals surface area contributed by atoms with E-state index in [9.17, 15) is 9.59 Å². The molecular weight excluding hydrogens is 378 g/mol. The molecule has 0 saturated carbocycles. The standard InChI is InChI=1S/C20H23N3O4S/c1-13(21-14(2)24)3-4-15-5-7-16(8-6-15)17-12-28-20(22-17)23-19(25)18-11-26-9-10-27-18/h5-8,11-13H,3-4,9-10H2,1-2H3,(H,21,24)(H,22,23,25)/t13-/m1/s1. The topological polar surface area (TPSA) is 89.6 Å². The maximum absolute atomic E-state index is 12.1. The van der Waals surface area contributed by atoms with Gasteiger partial charge in [-0.2, -0.15) is 0 Å². The molecule has 0 radical (unpaired) electrons. The maximum atomic E-state index is 12.1. The number of thiazole rings is 1. The molecule has 1 aliphatic rings. The minimum absolute atomic E-state index is 0.00635. The Kier molecular flexibility index (Phi) is 6.65. The van der Waals surface area contributed by atoms with Crippen molar-refractivity contribution in [1.82, 2.24) is 10.3 Å². The lowest BCUT2D eigenvalue weighted by atomic mass is 10.0. The molecule has 1 aromatic carbocycles. The molecule has 0 spiro atoms. The van der Waals surface area contributed by atoms with Crippen LogP contribution in [0.3, 0.4) is 0 Å². The van der Waals surface area contributed by atoms with Gasteiger partial charge in [0.05, 0.1) is 5.69 Å². The van der Waals surface area contributed by atoms with E-state index >= 15 is 0 Å². The molecule has 2 heterocycles. The number of benzene rings is 1. The molecule has 7 nitrogen and oxygen atoms in total. The fourth-order valence-electron chi connectivity index (χ4n) is 2.75. The average molecular weight is 401 g/mol. The number of aryl methyl sites for hydroxylation is 1. The van der Waals surface area contributed by atoms with Crippen molar-refractivity contribution in [2.45, 2.75) is 32.7 Å². The minimum atomic E-state index is -0.371. The maximum Gasteiger partial charge on any atom is 0.295 e. The highest BCUT2D eigenvalue weighted by Gasteiger charge is 2.17. The van der Waals surface area contributed by atoms with E-state index in [4.69, 9.17) is 9.47 Å². The van der Waals surface area contributed by atoms with Crippen LogP contribution in [-0.4, -0.2) is 36.1 Å². The Morgan fingerprint density at radius 1 is 1.25 bits per heavy atom. The number of nitrogens with one attached hydrogen (secondary N) is 2. The highest BCUT2D eigenvalue weighted by Crippen LogP contribution is 2.26. The molecular formula is C20H23N3O4S. The van der Waals surface area contributed by atoms with Crippen LogP contribution < -0.4 is 10.6 Å². The predicted molar refractivity (Wildman–Crippen MR) is 108 cm³/mol. The average Bonchev–Trinajstić information content (AvgIpc) is 3.15. The number of anilines is 1. The smallest absolute Gasteiger partial charge is 0.295 e. The van der Waals surface area contributed by atoms with Gasteiger partial charge < -0.3 is 14.8 Å². The van der Waals surface area contributed by atoms with Crippen molar-refractivity contribution in [1.29, 1.82) is 0 Å². The number of carbonyl (C=O) groups excluding carboxylic acids is 2. The van der Waals surface area contributed by atoms with E-state index in [1.54, 1.807) is 0 Å². The molecule has 28 heavy (non-hydrogen) atoms. The van der Waals surface area contributed by atoms with E-state index < -0.39 is 0 Å². The van der Waals surface area contributed by atoms with E-state index in [1.165, 1.54) is 30.1 Å². The van der Waals surface area contributed by atoms with E-state index in [0.29, 0.717) is 18.3 Å². The third kappa shape index (κ3) is 5.56. The fourth-order valence-corrected chi connectivity index (χ4v) is 3.47. The Labute approximate surface area is 167 Å². The summed E-state index contributed by atoms with van der Waals surface area (Å²) in [6.07, 6.45) is 3.09. The second-order valence-electron chi connectivity index (χ2n) is 6.53. The fraction of sp³-hybridized carbons (Fsp3) is 0.350. The van der Waals surface area contributed by atoms with E-state index in [0.717, 1.165) is 24.1 Å². The van der Waals surface area contributed by atoms with Gasteiger partial charge in [-0.15, -0.1) is 11.3 Å². The number of aromatic nitrogens is 1. The zero-order chi connectivity index (χ0) is 19.9. The summed E-state index contributed by atoms with van der Waals surface area (Å²) in [6.45, 7) is 4.34. The van der Waals surface area contributed by atoms with Gasteiger partial charge in [-0.3, -0.25) is 14.9 Å².